The second-order valence-corrected chi connectivity index (χ2v) is 6.02. The first-order chi connectivity index (χ1) is 9.10. The summed E-state index contributed by atoms with van der Waals surface area (Å²) in [4.78, 5) is 4.46. The molecule has 0 amide bonds. The Balaban J connectivity index is 2.03. The Bertz CT molecular complexity index is 405. The number of hydrogen-bond acceptors (Lipinski definition) is 3. The monoisotopic (exact) mass is 263 g/mol. The smallest absolute Gasteiger partial charge is 0.213 e. The van der Waals surface area contributed by atoms with Crippen LogP contribution >= 0.6 is 0 Å². The molecular formula is C16H25NO2. The van der Waals surface area contributed by atoms with E-state index in [2.05, 4.69) is 18.8 Å². The molecule has 0 spiro atoms. The summed E-state index contributed by atoms with van der Waals surface area (Å²) in [5.74, 6) is 2.43. The molecule has 1 aromatic rings. The molecule has 1 saturated carbocycles. The molecule has 3 heteroatoms. The summed E-state index contributed by atoms with van der Waals surface area (Å²) < 4.78 is 5.16. The van der Waals surface area contributed by atoms with Crippen LogP contribution < -0.4 is 4.74 Å². The van der Waals surface area contributed by atoms with E-state index in [0.29, 0.717) is 17.7 Å². The number of pyridine rings is 1. The number of aliphatic hydroxyl groups is 1. The van der Waals surface area contributed by atoms with E-state index in [1.807, 2.05) is 18.2 Å². The Hall–Kier alpha value is -1.09. The molecule has 19 heavy (non-hydrogen) atoms. The van der Waals surface area contributed by atoms with E-state index in [1.165, 1.54) is 0 Å². The highest BCUT2D eigenvalue weighted by molar-refractivity contribution is 5.16. The van der Waals surface area contributed by atoms with Gasteiger partial charge >= 0.3 is 0 Å². The Labute approximate surface area is 116 Å². The minimum atomic E-state index is -0.178. The highest BCUT2D eigenvalue weighted by Gasteiger charge is 2.30. The summed E-state index contributed by atoms with van der Waals surface area (Å²) in [6.45, 7) is 4.56. The summed E-state index contributed by atoms with van der Waals surface area (Å²) >= 11 is 0. The first-order valence-corrected chi connectivity index (χ1v) is 7.28. The quantitative estimate of drug-likeness (QED) is 0.907. The van der Waals surface area contributed by atoms with Crippen LogP contribution in [0, 0.1) is 17.8 Å². The van der Waals surface area contributed by atoms with Gasteiger partial charge in [0.1, 0.15) is 0 Å². The molecule has 1 heterocycles. The van der Waals surface area contributed by atoms with Crippen molar-refractivity contribution in [2.24, 2.45) is 17.8 Å². The van der Waals surface area contributed by atoms with Gasteiger partial charge in [0.15, 0.2) is 0 Å². The van der Waals surface area contributed by atoms with Crippen molar-refractivity contribution in [2.45, 2.75) is 45.6 Å². The Kier molecular flexibility index (Phi) is 4.81. The van der Waals surface area contributed by atoms with E-state index in [-0.39, 0.29) is 6.10 Å². The van der Waals surface area contributed by atoms with E-state index in [9.17, 15) is 5.11 Å². The maximum Gasteiger partial charge on any atom is 0.213 e. The fourth-order valence-electron chi connectivity index (χ4n) is 3.06. The number of aromatic nitrogens is 1. The molecule has 3 unspecified atom stereocenters. The minimum Gasteiger partial charge on any atom is -0.481 e. The molecule has 106 valence electrons. The largest absolute Gasteiger partial charge is 0.481 e. The molecular weight excluding hydrogens is 238 g/mol. The fourth-order valence-corrected chi connectivity index (χ4v) is 3.06. The van der Waals surface area contributed by atoms with Gasteiger partial charge in [0.25, 0.3) is 0 Å². The van der Waals surface area contributed by atoms with Gasteiger partial charge in [-0.3, -0.25) is 0 Å². The van der Waals surface area contributed by atoms with Crippen LogP contribution in [0.15, 0.2) is 18.2 Å². The Morgan fingerprint density at radius 2 is 2.16 bits per heavy atom. The molecule has 0 bridgehead atoms. The third kappa shape index (κ3) is 3.69. The highest BCUT2D eigenvalue weighted by Crippen LogP contribution is 2.35. The normalized spacial score (nSPS) is 27.5. The zero-order chi connectivity index (χ0) is 13.8. The van der Waals surface area contributed by atoms with Gasteiger partial charge in [0.05, 0.1) is 13.2 Å². The van der Waals surface area contributed by atoms with E-state index < -0.39 is 0 Å². The molecule has 1 fully saturated rings. The van der Waals surface area contributed by atoms with Gasteiger partial charge in [-0.05, 0) is 49.5 Å². The molecule has 3 atom stereocenters. The Morgan fingerprint density at radius 1 is 1.37 bits per heavy atom. The lowest BCUT2D eigenvalue weighted by Crippen LogP contribution is -2.32. The predicted molar refractivity (Wildman–Crippen MR) is 76.2 cm³/mol. The van der Waals surface area contributed by atoms with Crippen LogP contribution in [-0.2, 0) is 6.42 Å². The van der Waals surface area contributed by atoms with Gasteiger partial charge in [-0.2, -0.15) is 0 Å². The van der Waals surface area contributed by atoms with Crippen LogP contribution in [-0.4, -0.2) is 23.3 Å². The van der Waals surface area contributed by atoms with Crippen LogP contribution in [0.5, 0.6) is 5.88 Å². The van der Waals surface area contributed by atoms with Gasteiger partial charge in [-0.1, -0.05) is 19.9 Å². The van der Waals surface area contributed by atoms with Gasteiger partial charge in [-0.15, -0.1) is 0 Å². The molecule has 2 rings (SSSR count). The molecule has 0 saturated heterocycles. The second-order valence-electron chi connectivity index (χ2n) is 6.02. The van der Waals surface area contributed by atoms with Crippen molar-refractivity contribution in [2.75, 3.05) is 7.11 Å². The van der Waals surface area contributed by atoms with E-state index in [4.69, 9.17) is 4.74 Å². The molecule has 0 aliphatic heterocycles. The fraction of sp³-hybridized carbons (Fsp3) is 0.688. The number of methoxy groups -OCH3 is 1. The van der Waals surface area contributed by atoms with Crippen molar-refractivity contribution in [3.8, 4) is 5.88 Å². The maximum absolute atomic E-state index is 10.2. The van der Waals surface area contributed by atoms with E-state index >= 15 is 0 Å². The average Bonchev–Trinajstić information content (AvgIpc) is 2.41. The lowest BCUT2D eigenvalue weighted by molar-refractivity contribution is 0.0373. The van der Waals surface area contributed by atoms with Crippen LogP contribution in [0.25, 0.3) is 0 Å². The number of aliphatic hydroxyl groups excluding tert-OH is 1. The molecule has 1 aromatic heterocycles. The summed E-state index contributed by atoms with van der Waals surface area (Å²) in [6.07, 6.45) is 3.86. The van der Waals surface area contributed by atoms with Crippen LogP contribution in [0.1, 0.15) is 38.8 Å². The first kappa shape index (κ1) is 14.3. The number of nitrogens with zero attached hydrogens (tertiary/aromatic N) is 1. The van der Waals surface area contributed by atoms with Crippen molar-refractivity contribution in [1.82, 2.24) is 4.98 Å². The SMILES string of the molecule is COc1cccc(CC2CC(C(C)C)CCC2O)n1. The van der Waals surface area contributed by atoms with Crippen molar-refractivity contribution < 1.29 is 9.84 Å². The predicted octanol–water partition coefficient (Wildman–Crippen LogP) is 3.07. The van der Waals surface area contributed by atoms with Gasteiger partial charge in [-0.25, -0.2) is 4.98 Å². The lowest BCUT2D eigenvalue weighted by Gasteiger charge is -2.35. The van der Waals surface area contributed by atoms with Crippen molar-refractivity contribution >= 4 is 0 Å². The summed E-state index contributed by atoms with van der Waals surface area (Å²) in [6, 6.07) is 5.85. The average molecular weight is 263 g/mol. The topological polar surface area (TPSA) is 42.4 Å². The van der Waals surface area contributed by atoms with E-state index in [0.717, 1.165) is 37.3 Å². The van der Waals surface area contributed by atoms with Crippen LogP contribution in [0.2, 0.25) is 0 Å². The second kappa shape index (κ2) is 6.38. The van der Waals surface area contributed by atoms with Gasteiger partial charge in [0, 0.05) is 11.8 Å². The standard InChI is InChI=1S/C16H25NO2/c1-11(2)12-7-8-15(18)13(9-12)10-14-5-4-6-16(17-14)19-3/h4-6,11-13,15,18H,7-10H2,1-3H3. The highest BCUT2D eigenvalue weighted by atomic mass is 16.5. The Morgan fingerprint density at radius 3 is 2.84 bits per heavy atom. The molecule has 0 radical (unpaired) electrons. The number of hydrogen-bond donors (Lipinski definition) is 1. The molecule has 1 N–H and O–H groups in total. The third-order valence-corrected chi connectivity index (χ3v) is 4.39. The molecule has 3 nitrogen and oxygen atoms in total. The van der Waals surface area contributed by atoms with Crippen LogP contribution in [0.4, 0.5) is 0 Å². The van der Waals surface area contributed by atoms with Crippen molar-refractivity contribution in [1.29, 1.82) is 0 Å². The molecule has 1 aliphatic carbocycles. The first-order valence-electron chi connectivity index (χ1n) is 7.28. The van der Waals surface area contributed by atoms with Gasteiger partial charge < -0.3 is 9.84 Å². The summed E-state index contributed by atoms with van der Waals surface area (Å²) in [5.41, 5.74) is 1.02. The zero-order valence-corrected chi connectivity index (χ0v) is 12.2. The van der Waals surface area contributed by atoms with Crippen LogP contribution in [0.3, 0.4) is 0 Å². The van der Waals surface area contributed by atoms with E-state index in [1.54, 1.807) is 7.11 Å². The lowest BCUT2D eigenvalue weighted by atomic mass is 9.73. The molecule has 0 aromatic carbocycles. The van der Waals surface area contributed by atoms with Crippen molar-refractivity contribution in [3.05, 3.63) is 23.9 Å². The van der Waals surface area contributed by atoms with Crippen molar-refractivity contribution in [3.63, 3.8) is 0 Å². The zero-order valence-electron chi connectivity index (χ0n) is 12.2. The van der Waals surface area contributed by atoms with Gasteiger partial charge in [0.2, 0.25) is 5.88 Å². The summed E-state index contributed by atoms with van der Waals surface area (Å²) in [7, 11) is 1.64. The minimum absolute atomic E-state index is 0.178. The molecule has 1 aliphatic rings. The summed E-state index contributed by atoms with van der Waals surface area (Å²) in [5, 5.41) is 10.2. The third-order valence-electron chi connectivity index (χ3n) is 4.39. The number of rotatable bonds is 4. The maximum atomic E-state index is 10.2. The number of ether oxygens (including phenoxy) is 1.